The Labute approximate surface area is 115 Å². The second kappa shape index (κ2) is 7.79. The summed E-state index contributed by atoms with van der Waals surface area (Å²) in [4.78, 5) is 11.8. The Balaban J connectivity index is 2.49. The summed E-state index contributed by atoms with van der Waals surface area (Å²) >= 11 is 0. The summed E-state index contributed by atoms with van der Waals surface area (Å²) in [7, 11) is 0. The summed E-state index contributed by atoms with van der Waals surface area (Å²) in [5, 5.41) is 14.9. The number of amides is 1. The molecule has 3 N–H and O–H groups in total. The lowest BCUT2D eigenvalue weighted by atomic mass is 10.1. The number of aliphatic hydroxyl groups excluding tert-OH is 1. The molecule has 0 saturated carbocycles. The average Bonchev–Trinajstić information content (AvgIpc) is 2.38. The molecule has 0 aliphatic rings. The third-order valence-corrected chi connectivity index (χ3v) is 2.85. The molecule has 0 radical (unpaired) electrons. The van der Waals surface area contributed by atoms with Crippen LogP contribution in [-0.4, -0.2) is 30.2 Å². The van der Waals surface area contributed by atoms with Crippen molar-refractivity contribution in [2.45, 2.75) is 33.2 Å². The Morgan fingerprint density at radius 3 is 2.37 bits per heavy atom. The summed E-state index contributed by atoms with van der Waals surface area (Å²) in [5.74, 6) is 0.521. The predicted octanol–water partition coefficient (Wildman–Crippen LogP) is 2.26. The van der Waals surface area contributed by atoms with Crippen LogP contribution in [0.25, 0.3) is 0 Å². The summed E-state index contributed by atoms with van der Waals surface area (Å²) in [6.07, 6.45) is 1.12. The first-order valence-electron chi connectivity index (χ1n) is 6.78. The van der Waals surface area contributed by atoms with E-state index in [1.54, 1.807) is 19.1 Å². The Morgan fingerprint density at radius 1 is 1.21 bits per heavy atom. The molecule has 0 aliphatic carbocycles. The molecule has 1 aromatic rings. The summed E-state index contributed by atoms with van der Waals surface area (Å²) in [5.41, 5.74) is 1.63. The summed E-state index contributed by atoms with van der Waals surface area (Å²) in [6.45, 7) is 7.03. The molecule has 0 fully saturated rings. The van der Waals surface area contributed by atoms with E-state index in [9.17, 15) is 4.79 Å². The van der Waals surface area contributed by atoms with Crippen molar-refractivity contribution in [2.24, 2.45) is 5.92 Å². The molecule has 1 unspecified atom stereocenters. The van der Waals surface area contributed by atoms with Crippen LogP contribution < -0.4 is 10.6 Å². The van der Waals surface area contributed by atoms with Gasteiger partial charge in [0, 0.05) is 23.8 Å². The molecule has 1 amide bonds. The van der Waals surface area contributed by atoms with Crippen LogP contribution in [0.3, 0.4) is 0 Å². The van der Waals surface area contributed by atoms with Gasteiger partial charge in [0.2, 0.25) is 0 Å². The van der Waals surface area contributed by atoms with Gasteiger partial charge in [-0.25, -0.2) is 0 Å². The van der Waals surface area contributed by atoms with Gasteiger partial charge in [0.25, 0.3) is 5.91 Å². The van der Waals surface area contributed by atoms with Crippen LogP contribution in [0.2, 0.25) is 0 Å². The van der Waals surface area contributed by atoms with Gasteiger partial charge >= 0.3 is 0 Å². The number of benzene rings is 1. The quantitative estimate of drug-likeness (QED) is 0.708. The Kier molecular flexibility index (Phi) is 6.36. The molecule has 19 heavy (non-hydrogen) atoms. The summed E-state index contributed by atoms with van der Waals surface area (Å²) < 4.78 is 0. The highest BCUT2D eigenvalue weighted by Crippen LogP contribution is 2.10. The maximum atomic E-state index is 11.8. The number of carbonyl (C=O) groups is 1. The van der Waals surface area contributed by atoms with E-state index in [1.807, 2.05) is 12.1 Å². The molecular formula is C15H24N2O2. The number of hydrogen-bond acceptors (Lipinski definition) is 3. The zero-order valence-electron chi connectivity index (χ0n) is 11.9. The van der Waals surface area contributed by atoms with Crippen LogP contribution >= 0.6 is 0 Å². The highest BCUT2D eigenvalue weighted by molar-refractivity contribution is 5.94. The SMILES string of the molecule is CC(C)CCNc1ccc(C(=O)NC(C)CO)cc1. The molecule has 0 aromatic heterocycles. The molecular weight excluding hydrogens is 240 g/mol. The fourth-order valence-electron chi connectivity index (χ4n) is 1.60. The molecule has 0 heterocycles. The van der Waals surface area contributed by atoms with Crippen LogP contribution in [0.5, 0.6) is 0 Å². The standard InChI is InChI=1S/C15H24N2O2/c1-11(2)8-9-16-14-6-4-13(5-7-14)15(19)17-12(3)10-18/h4-7,11-12,16,18H,8-10H2,1-3H3,(H,17,19). The largest absolute Gasteiger partial charge is 0.394 e. The number of aliphatic hydroxyl groups is 1. The third kappa shape index (κ3) is 5.75. The molecule has 1 atom stereocenters. The predicted molar refractivity (Wildman–Crippen MR) is 78.4 cm³/mol. The number of hydrogen-bond donors (Lipinski definition) is 3. The lowest BCUT2D eigenvalue weighted by Gasteiger charge is -2.12. The van der Waals surface area contributed by atoms with Crippen molar-refractivity contribution in [1.82, 2.24) is 5.32 Å². The van der Waals surface area contributed by atoms with E-state index in [4.69, 9.17) is 5.11 Å². The first-order chi connectivity index (χ1) is 9.02. The fraction of sp³-hybridized carbons (Fsp3) is 0.533. The van der Waals surface area contributed by atoms with Gasteiger partial charge in [-0.1, -0.05) is 13.8 Å². The van der Waals surface area contributed by atoms with E-state index < -0.39 is 0 Å². The van der Waals surface area contributed by atoms with E-state index >= 15 is 0 Å². The minimum atomic E-state index is -0.226. The van der Waals surface area contributed by atoms with Crippen molar-refractivity contribution in [2.75, 3.05) is 18.5 Å². The molecule has 0 spiro atoms. The smallest absolute Gasteiger partial charge is 0.251 e. The van der Waals surface area contributed by atoms with Crippen molar-refractivity contribution < 1.29 is 9.90 Å². The van der Waals surface area contributed by atoms with Crippen LogP contribution in [0.4, 0.5) is 5.69 Å². The highest BCUT2D eigenvalue weighted by atomic mass is 16.3. The molecule has 106 valence electrons. The van der Waals surface area contributed by atoms with Crippen molar-refractivity contribution in [1.29, 1.82) is 0 Å². The van der Waals surface area contributed by atoms with E-state index in [2.05, 4.69) is 24.5 Å². The Hall–Kier alpha value is -1.55. The zero-order chi connectivity index (χ0) is 14.3. The second-order valence-electron chi connectivity index (χ2n) is 5.24. The van der Waals surface area contributed by atoms with Crippen LogP contribution in [0.15, 0.2) is 24.3 Å². The maximum Gasteiger partial charge on any atom is 0.251 e. The maximum absolute atomic E-state index is 11.8. The van der Waals surface area contributed by atoms with Gasteiger partial charge in [0.1, 0.15) is 0 Å². The zero-order valence-corrected chi connectivity index (χ0v) is 11.9. The van der Waals surface area contributed by atoms with Crippen molar-refractivity contribution >= 4 is 11.6 Å². The van der Waals surface area contributed by atoms with Gasteiger partial charge in [0.05, 0.1) is 6.61 Å². The van der Waals surface area contributed by atoms with Crippen molar-refractivity contribution in [3.63, 3.8) is 0 Å². The molecule has 4 heteroatoms. The normalized spacial score (nSPS) is 12.3. The lowest BCUT2D eigenvalue weighted by molar-refractivity contribution is 0.0922. The van der Waals surface area contributed by atoms with E-state index in [0.29, 0.717) is 11.5 Å². The second-order valence-corrected chi connectivity index (χ2v) is 5.24. The Morgan fingerprint density at radius 2 is 1.84 bits per heavy atom. The average molecular weight is 264 g/mol. The number of rotatable bonds is 7. The van der Waals surface area contributed by atoms with Gasteiger partial charge in [-0.05, 0) is 43.5 Å². The first-order valence-corrected chi connectivity index (χ1v) is 6.78. The van der Waals surface area contributed by atoms with Gasteiger partial charge in [-0.3, -0.25) is 4.79 Å². The van der Waals surface area contributed by atoms with Crippen LogP contribution in [0.1, 0.15) is 37.6 Å². The molecule has 1 aromatic carbocycles. The van der Waals surface area contributed by atoms with Crippen molar-refractivity contribution in [3.05, 3.63) is 29.8 Å². The van der Waals surface area contributed by atoms with E-state index in [0.717, 1.165) is 18.7 Å². The van der Waals surface area contributed by atoms with Gasteiger partial charge in [-0.2, -0.15) is 0 Å². The molecule has 1 rings (SSSR count). The highest BCUT2D eigenvalue weighted by Gasteiger charge is 2.08. The Bertz CT molecular complexity index is 388. The number of anilines is 1. The van der Waals surface area contributed by atoms with Crippen molar-refractivity contribution in [3.8, 4) is 0 Å². The molecule has 4 nitrogen and oxygen atoms in total. The van der Waals surface area contributed by atoms with Gasteiger partial charge < -0.3 is 15.7 Å². The van der Waals surface area contributed by atoms with E-state index in [1.165, 1.54) is 0 Å². The lowest BCUT2D eigenvalue weighted by Crippen LogP contribution is -2.34. The molecule has 0 aliphatic heterocycles. The van der Waals surface area contributed by atoms with Gasteiger partial charge in [-0.15, -0.1) is 0 Å². The monoisotopic (exact) mass is 264 g/mol. The fourth-order valence-corrected chi connectivity index (χ4v) is 1.60. The topological polar surface area (TPSA) is 61.4 Å². The van der Waals surface area contributed by atoms with Crippen LogP contribution in [-0.2, 0) is 0 Å². The molecule has 0 saturated heterocycles. The number of carbonyl (C=O) groups excluding carboxylic acids is 1. The van der Waals surface area contributed by atoms with E-state index in [-0.39, 0.29) is 18.6 Å². The first kappa shape index (κ1) is 15.5. The van der Waals surface area contributed by atoms with Gasteiger partial charge in [0.15, 0.2) is 0 Å². The third-order valence-electron chi connectivity index (χ3n) is 2.85. The minimum Gasteiger partial charge on any atom is -0.394 e. The molecule has 0 bridgehead atoms. The minimum absolute atomic E-state index is 0.0550. The van der Waals surface area contributed by atoms with Crippen LogP contribution in [0, 0.1) is 5.92 Å². The number of nitrogens with one attached hydrogen (secondary N) is 2. The summed E-state index contributed by atoms with van der Waals surface area (Å²) in [6, 6.07) is 7.16.